The fourth-order valence-electron chi connectivity index (χ4n) is 1.90. The van der Waals surface area contributed by atoms with Gasteiger partial charge in [0.2, 0.25) is 0 Å². The largest absolute Gasteiger partial charge is 0.351 e. The first-order valence-electron chi connectivity index (χ1n) is 6.28. The fraction of sp³-hybridized carbons (Fsp3) is 0.0667. The molecular weight excluding hydrogens is 350 g/mol. The molecule has 1 aliphatic rings. The first kappa shape index (κ1) is 14.2. The summed E-state index contributed by atoms with van der Waals surface area (Å²) in [5.74, 6) is -0.116. The molecule has 1 fully saturated rings. The van der Waals surface area contributed by atoms with Gasteiger partial charge in [-0.2, -0.15) is 0 Å². The number of amidine groups is 1. The normalized spacial score (nSPS) is 18.5. The first-order chi connectivity index (χ1) is 10.1. The molecule has 0 spiro atoms. The second-order valence-corrected chi connectivity index (χ2v) is 6.45. The van der Waals surface area contributed by atoms with E-state index in [1.165, 1.54) is 11.8 Å². The lowest BCUT2D eigenvalue weighted by molar-refractivity contribution is -0.115. The van der Waals surface area contributed by atoms with Crippen LogP contribution < -0.4 is 5.32 Å². The molecule has 0 saturated carbocycles. The van der Waals surface area contributed by atoms with Crippen molar-refractivity contribution >= 4 is 50.5 Å². The smallest absolute Gasteiger partial charge is 0.264 e. The van der Waals surface area contributed by atoms with Gasteiger partial charge in [-0.05, 0) is 48.2 Å². The summed E-state index contributed by atoms with van der Waals surface area (Å²) in [5.41, 5.74) is 1.78. The zero-order chi connectivity index (χ0) is 14.8. The van der Waals surface area contributed by atoms with Gasteiger partial charge in [-0.15, -0.1) is 0 Å². The highest BCUT2D eigenvalue weighted by Crippen LogP contribution is 2.28. The first-order valence-corrected chi connectivity index (χ1v) is 7.89. The maximum Gasteiger partial charge on any atom is 0.264 e. The molecule has 21 heavy (non-hydrogen) atoms. The van der Waals surface area contributed by atoms with E-state index >= 15 is 0 Å². The fourth-order valence-corrected chi connectivity index (χ4v) is 3.12. The average Bonchev–Trinajstić information content (AvgIpc) is 2.98. The Morgan fingerprint density at radius 2 is 2.19 bits per heavy atom. The summed E-state index contributed by atoms with van der Waals surface area (Å²) in [6, 6.07) is 11.5. The molecule has 0 bridgehead atoms. The summed E-state index contributed by atoms with van der Waals surface area (Å²) in [5, 5.41) is 3.38. The van der Waals surface area contributed by atoms with Crippen molar-refractivity contribution in [3.8, 4) is 0 Å². The van der Waals surface area contributed by atoms with Gasteiger partial charge in [-0.3, -0.25) is 4.79 Å². The molecule has 106 valence electrons. The third-order valence-electron chi connectivity index (χ3n) is 2.95. The van der Waals surface area contributed by atoms with Crippen LogP contribution in [0, 0.1) is 0 Å². The van der Waals surface area contributed by atoms with Crippen molar-refractivity contribution in [1.29, 1.82) is 0 Å². The van der Waals surface area contributed by atoms with E-state index in [1.807, 2.05) is 60.3 Å². The number of nitrogens with zero attached hydrogens (tertiary/aromatic N) is 2. The molecule has 0 unspecified atom stereocenters. The highest BCUT2D eigenvalue weighted by molar-refractivity contribution is 9.10. The third kappa shape index (κ3) is 3.28. The molecule has 1 aliphatic heterocycles. The molecule has 6 heteroatoms. The van der Waals surface area contributed by atoms with Crippen molar-refractivity contribution in [3.05, 3.63) is 57.7 Å². The van der Waals surface area contributed by atoms with Crippen LogP contribution in [0.5, 0.6) is 0 Å². The van der Waals surface area contributed by atoms with Gasteiger partial charge in [0.05, 0.1) is 10.6 Å². The van der Waals surface area contributed by atoms with E-state index in [4.69, 9.17) is 0 Å². The molecule has 0 radical (unpaired) electrons. The number of carbonyl (C=O) groups is 1. The Hall–Kier alpha value is -1.79. The maximum atomic E-state index is 12.0. The van der Waals surface area contributed by atoms with E-state index in [0.717, 1.165) is 15.9 Å². The number of aryl methyl sites for hydroxylation is 1. The predicted octanol–water partition coefficient (Wildman–Crippen LogP) is 3.68. The Morgan fingerprint density at radius 1 is 1.33 bits per heavy atom. The standard InChI is InChI=1S/C15H12BrN3OS/c1-19-7-3-6-12(19)9-13-14(20)18-15(21-13)17-11-5-2-4-10(16)8-11/h2-9H,1H3,(H,17,18,20)/b13-9-. The summed E-state index contributed by atoms with van der Waals surface area (Å²) < 4.78 is 2.92. The van der Waals surface area contributed by atoms with E-state index in [2.05, 4.69) is 26.2 Å². The highest BCUT2D eigenvalue weighted by atomic mass is 79.9. The van der Waals surface area contributed by atoms with Crippen LogP contribution in [0.1, 0.15) is 5.69 Å². The SMILES string of the molecule is Cn1cccc1/C=C1\SC(=Nc2cccc(Br)c2)NC1=O. The van der Waals surface area contributed by atoms with Crippen LogP contribution >= 0.6 is 27.7 Å². The number of carbonyl (C=O) groups excluding carboxylic acids is 1. The predicted molar refractivity (Wildman–Crippen MR) is 90.4 cm³/mol. The van der Waals surface area contributed by atoms with Gasteiger partial charge in [-0.1, -0.05) is 22.0 Å². The van der Waals surface area contributed by atoms with E-state index in [9.17, 15) is 4.79 Å². The quantitative estimate of drug-likeness (QED) is 0.829. The van der Waals surface area contributed by atoms with Gasteiger partial charge in [0.1, 0.15) is 0 Å². The van der Waals surface area contributed by atoms with Gasteiger partial charge in [0, 0.05) is 23.4 Å². The van der Waals surface area contributed by atoms with Crippen molar-refractivity contribution < 1.29 is 4.79 Å². The monoisotopic (exact) mass is 361 g/mol. The van der Waals surface area contributed by atoms with Crippen molar-refractivity contribution in [2.24, 2.45) is 12.0 Å². The van der Waals surface area contributed by atoms with Gasteiger partial charge in [0.15, 0.2) is 5.17 Å². The van der Waals surface area contributed by atoms with Crippen LogP contribution in [-0.4, -0.2) is 15.6 Å². The molecular formula is C15H12BrN3OS. The Bertz CT molecular complexity index is 764. The zero-order valence-electron chi connectivity index (χ0n) is 11.2. The second-order valence-electron chi connectivity index (χ2n) is 4.51. The lowest BCUT2D eigenvalue weighted by Crippen LogP contribution is -2.19. The summed E-state index contributed by atoms with van der Waals surface area (Å²) in [6.07, 6.45) is 3.81. The third-order valence-corrected chi connectivity index (χ3v) is 4.36. The molecule has 0 atom stereocenters. The van der Waals surface area contributed by atoms with Crippen LogP contribution in [0.25, 0.3) is 6.08 Å². The zero-order valence-corrected chi connectivity index (χ0v) is 13.6. The number of thioether (sulfide) groups is 1. The van der Waals surface area contributed by atoms with Gasteiger partial charge in [-0.25, -0.2) is 4.99 Å². The van der Waals surface area contributed by atoms with Crippen molar-refractivity contribution in [3.63, 3.8) is 0 Å². The number of amides is 1. The molecule has 4 nitrogen and oxygen atoms in total. The molecule has 1 aromatic heterocycles. The van der Waals surface area contributed by atoms with E-state index < -0.39 is 0 Å². The van der Waals surface area contributed by atoms with Crippen LogP contribution in [0.2, 0.25) is 0 Å². The van der Waals surface area contributed by atoms with Gasteiger partial charge < -0.3 is 9.88 Å². The Balaban J connectivity index is 1.85. The molecule has 1 N–H and O–H groups in total. The molecule has 1 aromatic carbocycles. The maximum absolute atomic E-state index is 12.0. The van der Waals surface area contributed by atoms with E-state index in [-0.39, 0.29) is 5.91 Å². The van der Waals surface area contributed by atoms with Gasteiger partial charge in [0.25, 0.3) is 5.91 Å². The molecule has 1 amide bonds. The highest BCUT2D eigenvalue weighted by Gasteiger charge is 2.24. The molecule has 2 heterocycles. The number of nitrogens with one attached hydrogen (secondary N) is 1. The van der Waals surface area contributed by atoms with Crippen molar-refractivity contribution in [1.82, 2.24) is 9.88 Å². The number of hydrogen-bond donors (Lipinski definition) is 1. The number of hydrogen-bond acceptors (Lipinski definition) is 3. The Kier molecular flexibility index (Phi) is 3.98. The van der Waals surface area contributed by atoms with E-state index in [1.54, 1.807) is 0 Å². The number of aliphatic imine (C=N–C) groups is 1. The molecule has 1 saturated heterocycles. The summed E-state index contributed by atoms with van der Waals surface area (Å²) in [7, 11) is 1.94. The van der Waals surface area contributed by atoms with Gasteiger partial charge >= 0.3 is 0 Å². The number of aromatic nitrogens is 1. The van der Waals surface area contributed by atoms with Crippen molar-refractivity contribution in [2.75, 3.05) is 0 Å². The van der Waals surface area contributed by atoms with Crippen LogP contribution in [0.4, 0.5) is 5.69 Å². The Morgan fingerprint density at radius 3 is 2.90 bits per heavy atom. The number of halogens is 1. The second kappa shape index (κ2) is 5.91. The minimum atomic E-state index is -0.116. The minimum absolute atomic E-state index is 0.116. The van der Waals surface area contributed by atoms with E-state index in [0.29, 0.717) is 10.1 Å². The topological polar surface area (TPSA) is 46.4 Å². The number of rotatable bonds is 2. The Labute approximate surface area is 135 Å². The number of benzene rings is 1. The lowest BCUT2D eigenvalue weighted by atomic mass is 10.3. The lowest BCUT2D eigenvalue weighted by Gasteiger charge is -1.97. The van der Waals surface area contributed by atoms with Crippen LogP contribution in [0.3, 0.4) is 0 Å². The van der Waals surface area contributed by atoms with Crippen LogP contribution in [0.15, 0.2) is 57.0 Å². The summed E-state index contributed by atoms with van der Waals surface area (Å²) >= 11 is 4.75. The molecule has 3 rings (SSSR count). The summed E-state index contributed by atoms with van der Waals surface area (Å²) in [6.45, 7) is 0. The summed E-state index contributed by atoms with van der Waals surface area (Å²) in [4.78, 5) is 17.1. The molecule has 2 aromatic rings. The van der Waals surface area contributed by atoms with Crippen LogP contribution in [-0.2, 0) is 11.8 Å². The average molecular weight is 362 g/mol. The minimum Gasteiger partial charge on any atom is -0.351 e. The van der Waals surface area contributed by atoms with Crippen molar-refractivity contribution in [2.45, 2.75) is 0 Å². The molecule has 0 aliphatic carbocycles.